The van der Waals surface area contributed by atoms with Crippen molar-refractivity contribution in [2.45, 2.75) is 6.92 Å². The van der Waals surface area contributed by atoms with Crippen molar-refractivity contribution in [3.63, 3.8) is 0 Å². The van der Waals surface area contributed by atoms with Crippen LogP contribution in [0.2, 0.25) is 0 Å². The lowest BCUT2D eigenvalue weighted by Gasteiger charge is -2.06. The molecule has 4 aromatic rings. The summed E-state index contributed by atoms with van der Waals surface area (Å²) in [6.45, 7) is 1.81. The molecule has 0 aliphatic heterocycles. The number of rotatable bonds is 4. The number of benzene rings is 2. The number of hydrogen-bond acceptors (Lipinski definition) is 4. The number of thiazole rings is 1. The molecule has 0 spiro atoms. The minimum atomic E-state index is -1.27. The topological polar surface area (TPSA) is 42.7 Å². The highest BCUT2D eigenvalue weighted by Crippen LogP contribution is 2.30. The Labute approximate surface area is 161 Å². The second kappa shape index (κ2) is 7.08. The van der Waals surface area contributed by atoms with Crippen LogP contribution in [-0.4, -0.2) is 14.5 Å². The van der Waals surface area contributed by atoms with Gasteiger partial charge in [0.05, 0.1) is 29.1 Å². The maximum absolute atomic E-state index is 14.5. The van der Waals surface area contributed by atoms with E-state index >= 15 is 0 Å². The molecule has 0 atom stereocenters. The van der Waals surface area contributed by atoms with Crippen LogP contribution in [-0.2, 0) is 0 Å². The largest absolute Gasteiger partial charge is 0.329 e. The van der Waals surface area contributed by atoms with Gasteiger partial charge in [-0.25, -0.2) is 27.5 Å². The number of halogens is 4. The van der Waals surface area contributed by atoms with Gasteiger partial charge in [-0.15, -0.1) is 11.3 Å². The fourth-order valence-corrected chi connectivity index (χ4v) is 3.36. The molecule has 2 aromatic heterocycles. The lowest BCUT2D eigenvalue weighted by atomic mass is 10.1. The Hall–Kier alpha value is -3.20. The first-order chi connectivity index (χ1) is 13.4. The van der Waals surface area contributed by atoms with Gasteiger partial charge < -0.3 is 9.88 Å². The molecule has 4 nitrogen and oxygen atoms in total. The van der Waals surface area contributed by atoms with Crippen LogP contribution in [0.25, 0.3) is 16.9 Å². The number of anilines is 2. The second-order valence-electron chi connectivity index (χ2n) is 6.00. The van der Waals surface area contributed by atoms with Crippen LogP contribution in [0.15, 0.2) is 48.2 Å². The normalized spacial score (nSPS) is 11.0. The molecule has 0 unspecified atom stereocenters. The average Bonchev–Trinajstić information content (AvgIpc) is 3.29. The van der Waals surface area contributed by atoms with Crippen molar-refractivity contribution in [1.82, 2.24) is 14.5 Å². The van der Waals surface area contributed by atoms with Gasteiger partial charge in [0.15, 0.2) is 16.8 Å². The van der Waals surface area contributed by atoms with Crippen LogP contribution in [0.5, 0.6) is 0 Å². The van der Waals surface area contributed by atoms with E-state index in [-0.39, 0.29) is 10.8 Å². The smallest absolute Gasteiger partial charge is 0.187 e. The summed E-state index contributed by atoms with van der Waals surface area (Å²) in [5.74, 6) is -3.84. The molecule has 0 aliphatic carbocycles. The van der Waals surface area contributed by atoms with E-state index in [0.717, 1.165) is 17.0 Å². The van der Waals surface area contributed by atoms with Gasteiger partial charge in [0, 0.05) is 29.3 Å². The van der Waals surface area contributed by atoms with Crippen molar-refractivity contribution >= 4 is 22.2 Å². The quantitative estimate of drug-likeness (QED) is 0.355. The molecule has 9 heteroatoms. The van der Waals surface area contributed by atoms with Crippen LogP contribution in [0.3, 0.4) is 0 Å². The molecule has 28 heavy (non-hydrogen) atoms. The summed E-state index contributed by atoms with van der Waals surface area (Å²) in [6.07, 6.45) is 3.23. The van der Waals surface area contributed by atoms with Crippen LogP contribution < -0.4 is 5.32 Å². The monoisotopic (exact) mass is 404 g/mol. The number of nitrogens with one attached hydrogen (secondary N) is 1. The molecular weight excluding hydrogens is 392 g/mol. The van der Waals surface area contributed by atoms with Crippen molar-refractivity contribution in [3.8, 4) is 16.9 Å². The Bertz CT molecular complexity index is 1170. The minimum Gasteiger partial charge on any atom is -0.329 e. The lowest BCUT2D eigenvalue weighted by molar-refractivity contribution is 0.496. The van der Waals surface area contributed by atoms with Gasteiger partial charge in [0.25, 0.3) is 0 Å². The van der Waals surface area contributed by atoms with E-state index in [2.05, 4.69) is 15.3 Å². The number of aromatic nitrogens is 3. The summed E-state index contributed by atoms with van der Waals surface area (Å²) < 4.78 is 56.2. The molecule has 4 rings (SSSR count). The summed E-state index contributed by atoms with van der Waals surface area (Å²) >= 11 is 1.13. The van der Waals surface area contributed by atoms with Gasteiger partial charge in [0.1, 0.15) is 11.6 Å². The number of nitrogens with zero attached hydrogens (tertiary/aromatic N) is 3. The summed E-state index contributed by atoms with van der Waals surface area (Å²) in [5, 5.41) is 4.51. The first-order valence-electron chi connectivity index (χ1n) is 8.08. The fraction of sp³-hybridized carbons (Fsp3) is 0.0526. The van der Waals surface area contributed by atoms with Crippen LogP contribution in [0, 0.1) is 30.2 Å². The van der Waals surface area contributed by atoms with Gasteiger partial charge in [-0.05, 0) is 19.1 Å². The summed E-state index contributed by atoms with van der Waals surface area (Å²) in [6, 6.07) is 5.81. The number of imidazole rings is 1. The van der Waals surface area contributed by atoms with E-state index in [9.17, 15) is 17.6 Å². The molecule has 2 aromatic carbocycles. The van der Waals surface area contributed by atoms with Crippen LogP contribution >= 0.6 is 11.3 Å². The van der Waals surface area contributed by atoms with E-state index in [1.54, 1.807) is 28.3 Å². The fourth-order valence-electron chi connectivity index (χ4n) is 2.63. The van der Waals surface area contributed by atoms with Crippen molar-refractivity contribution in [2.75, 3.05) is 5.32 Å². The Morgan fingerprint density at radius 2 is 1.75 bits per heavy atom. The highest BCUT2D eigenvalue weighted by atomic mass is 32.1. The lowest BCUT2D eigenvalue weighted by Crippen LogP contribution is -1.97. The third-order valence-corrected chi connectivity index (χ3v) is 4.75. The zero-order valence-electron chi connectivity index (χ0n) is 14.4. The zero-order chi connectivity index (χ0) is 19.8. The number of aryl methyl sites for hydroxylation is 1. The van der Waals surface area contributed by atoms with Crippen molar-refractivity contribution in [2.24, 2.45) is 0 Å². The Balaban J connectivity index is 1.59. The standard InChI is InChI=1S/C19H12F4N4S/c1-10-7-27(9-24-10)18-3-2-11(4-15(18)23)17-8-28-19(26-17)25-16-6-13(21)12(20)5-14(16)22/h2-9H,1H3,(H,25,26). The first kappa shape index (κ1) is 18.2. The maximum atomic E-state index is 14.5. The Morgan fingerprint density at radius 3 is 2.46 bits per heavy atom. The third-order valence-electron chi connectivity index (χ3n) is 3.99. The molecule has 0 fully saturated rings. The summed E-state index contributed by atoms with van der Waals surface area (Å²) in [7, 11) is 0. The number of hydrogen-bond donors (Lipinski definition) is 1. The molecule has 0 saturated carbocycles. The van der Waals surface area contributed by atoms with E-state index < -0.39 is 23.3 Å². The van der Waals surface area contributed by atoms with Crippen LogP contribution in [0.4, 0.5) is 28.4 Å². The van der Waals surface area contributed by atoms with Gasteiger partial charge >= 0.3 is 0 Å². The third kappa shape index (κ3) is 3.48. The molecular formula is C19H12F4N4S. The van der Waals surface area contributed by atoms with Crippen molar-refractivity contribution in [3.05, 3.63) is 77.2 Å². The molecule has 2 heterocycles. The molecule has 0 amide bonds. The van der Waals surface area contributed by atoms with Crippen molar-refractivity contribution < 1.29 is 17.6 Å². The predicted octanol–water partition coefficient (Wildman–Crippen LogP) is 5.60. The predicted molar refractivity (Wildman–Crippen MR) is 99.0 cm³/mol. The SMILES string of the molecule is Cc1cn(-c2ccc(-c3csc(Nc4cc(F)c(F)cc4F)n3)cc2F)cn1. The molecule has 142 valence electrons. The van der Waals surface area contributed by atoms with Gasteiger partial charge in [-0.1, -0.05) is 6.07 Å². The van der Waals surface area contributed by atoms with E-state index in [1.807, 2.05) is 6.92 Å². The highest BCUT2D eigenvalue weighted by Gasteiger charge is 2.13. The average molecular weight is 404 g/mol. The van der Waals surface area contributed by atoms with E-state index in [0.29, 0.717) is 29.1 Å². The molecule has 0 bridgehead atoms. The summed E-state index contributed by atoms with van der Waals surface area (Å²) in [5.41, 5.74) is 1.86. The van der Waals surface area contributed by atoms with Crippen LogP contribution in [0.1, 0.15) is 5.69 Å². The van der Waals surface area contributed by atoms with Gasteiger partial charge in [-0.3, -0.25) is 0 Å². The molecule has 0 aliphatic rings. The molecule has 1 N–H and O–H groups in total. The highest BCUT2D eigenvalue weighted by molar-refractivity contribution is 7.14. The Morgan fingerprint density at radius 1 is 0.964 bits per heavy atom. The van der Waals surface area contributed by atoms with E-state index in [1.165, 1.54) is 12.4 Å². The van der Waals surface area contributed by atoms with Crippen molar-refractivity contribution in [1.29, 1.82) is 0 Å². The Kier molecular flexibility index (Phi) is 4.60. The van der Waals surface area contributed by atoms with Gasteiger partial charge in [0.2, 0.25) is 0 Å². The molecule has 0 radical (unpaired) electrons. The van der Waals surface area contributed by atoms with E-state index in [4.69, 9.17) is 0 Å². The van der Waals surface area contributed by atoms with Gasteiger partial charge in [-0.2, -0.15) is 0 Å². The second-order valence-corrected chi connectivity index (χ2v) is 6.86. The summed E-state index contributed by atoms with van der Waals surface area (Å²) in [4.78, 5) is 8.33. The maximum Gasteiger partial charge on any atom is 0.187 e. The minimum absolute atomic E-state index is 0.239. The zero-order valence-corrected chi connectivity index (χ0v) is 15.2. The first-order valence-corrected chi connectivity index (χ1v) is 8.96. The molecule has 0 saturated heterocycles.